The lowest BCUT2D eigenvalue weighted by molar-refractivity contribution is -0.479. The first-order valence-corrected chi connectivity index (χ1v) is 3.73. The molecule has 0 unspecified atom stereocenters. The molecule has 0 aliphatic rings. The van der Waals surface area contributed by atoms with Crippen molar-refractivity contribution < 1.29 is 15.1 Å². The Bertz CT molecular complexity index is 324. The number of rotatable bonds is 3. The molecule has 0 radical (unpaired) electrons. The second-order valence-corrected chi connectivity index (χ2v) is 2.59. The lowest BCUT2D eigenvalue weighted by atomic mass is 10.1. The minimum atomic E-state index is -0.469. The summed E-state index contributed by atoms with van der Waals surface area (Å²) >= 11 is 0. The molecule has 1 aromatic carbocycles. The maximum Gasteiger partial charge on any atom is 0.208 e. The molecule has 0 heterocycles. The molecular formula is C8H9NO4. The summed E-state index contributed by atoms with van der Waals surface area (Å²) in [6, 6.07) is 4.40. The zero-order valence-corrected chi connectivity index (χ0v) is 6.80. The second-order valence-electron chi connectivity index (χ2n) is 2.59. The van der Waals surface area contributed by atoms with E-state index in [1.54, 1.807) is 6.07 Å². The summed E-state index contributed by atoms with van der Waals surface area (Å²) in [6.07, 6.45) is 0.118. The van der Waals surface area contributed by atoms with E-state index in [9.17, 15) is 15.2 Å². The number of hydrogen-bond acceptors (Lipinski definition) is 4. The zero-order chi connectivity index (χ0) is 9.84. The smallest absolute Gasteiger partial charge is 0.208 e. The highest BCUT2D eigenvalue weighted by Crippen LogP contribution is 2.28. The van der Waals surface area contributed by atoms with E-state index < -0.39 is 4.92 Å². The number of aromatic hydroxyl groups is 2. The maximum atomic E-state index is 10.0. The average Bonchev–Trinajstić information content (AvgIpc) is 2.07. The van der Waals surface area contributed by atoms with Gasteiger partial charge < -0.3 is 10.2 Å². The summed E-state index contributed by atoms with van der Waals surface area (Å²) in [7, 11) is 0. The van der Waals surface area contributed by atoms with Crippen LogP contribution in [0, 0.1) is 10.1 Å². The van der Waals surface area contributed by atoms with Crippen LogP contribution in [0.15, 0.2) is 18.2 Å². The van der Waals surface area contributed by atoms with Crippen molar-refractivity contribution in [2.24, 2.45) is 0 Å². The number of benzene rings is 1. The summed E-state index contributed by atoms with van der Waals surface area (Å²) in [5.74, 6) is -0.523. The van der Waals surface area contributed by atoms with E-state index in [1.165, 1.54) is 12.1 Å². The predicted molar refractivity (Wildman–Crippen MR) is 45.3 cm³/mol. The molecule has 2 N–H and O–H groups in total. The average molecular weight is 183 g/mol. The Labute approximate surface area is 74.4 Å². The van der Waals surface area contributed by atoms with Crippen molar-refractivity contribution in [1.82, 2.24) is 0 Å². The van der Waals surface area contributed by atoms with Crippen LogP contribution >= 0.6 is 0 Å². The molecule has 70 valence electrons. The van der Waals surface area contributed by atoms with Crippen molar-refractivity contribution in [2.45, 2.75) is 6.42 Å². The van der Waals surface area contributed by atoms with Crippen LogP contribution in [0.25, 0.3) is 0 Å². The first-order valence-electron chi connectivity index (χ1n) is 3.73. The van der Waals surface area contributed by atoms with Gasteiger partial charge in [0.15, 0.2) is 11.5 Å². The third-order valence-electron chi connectivity index (χ3n) is 1.66. The predicted octanol–water partition coefficient (Wildman–Crippen LogP) is 0.917. The maximum absolute atomic E-state index is 10.0. The van der Waals surface area contributed by atoms with Gasteiger partial charge in [-0.25, -0.2) is 0 Å². The lowest BCUT2D eigenvalue weighted by Gasteiger charge is -2.02. The molecule has 0 atom stereocenters. The summed E-state index contributed by atoms with van der Waals surface area (Å²) < 4.78 is 0. The molecule has 0 aromatic heterocycles. The minimum Gasteiger partial charge on any atom is -0.504 e. The van der Waals surface area contributed by atoms with Gasteiger partial charge in [0.05, 0.1) is 0 Å². The number of phenolic OH excluding ortho intramolecular Hbond substituents is 2. The van der Waals surface area contributed by atoms with Gasteiger partial charge in [-0.05, 0) is 6.07 Å². The fourth-order valence-corrected chi connectivity index (χ4v) is 0.991. The topological polar surface area (TPSA) is 83.6 Å². The molecule has 5 nitrogen and oxygen atoms in total. The largest absolute Gasteiger partial charge is 0.504 e. The zero-order valence-electron chi connectivity index (χ0n) is 6.80. The first kappa shape index (κ1) is 9.31. The Hall–Kier alpha value is -1.78. The van der Waals surface area contributed by atoms with Crippen LogP contribution in [0.4, 0.5) is 0 Å². The monoisotopic (exact) mass is 183 g/mol. The highest BCUT2D eigenvalue weighted by Gasteiger charge is 2.07. The molecule has 1 rings (SSSR count). The van der Waals surface area contributed by atoms with Crippen molar-refractivity contribution in [3.63, 3.8) is 0 Å². The van der Waals surface area contributed by atoms with Gasteiger partial charge >= 0.3 is 0 Å². The highest BCUT2D eigenvalue weighted by molar-refractivity contribution is 5.44. The number of hydrogen-bond donors (Lipinski definition) is 2. The van der Waals surface area contributed by atoms with E-state index in [1.807, 2.05) is 0 Å². The third kappa shape index (κ3) is 2.33. The summed E-state index contributed by atoms with van der Waals surface area (Å²) in [6.45, 7) is -0.253. The van der Waals surface area contributed by atoms with Crippen molar-refractivity contribution in [2.75, 3.05) is 6.54 Å². The van der Waals surface area contributed by atoms with Gasteiger partial charge in [0, 0.05) is 16.9 Å². The SMILES string of the molecule is O=[N+]([O-])CCc1cccc(O)c1O. The molecule has 0 saturated heterocycles. The molecular weight excluding hydrogens is 174 g/mol. The Morgan fingerprint density at radius 1 is 1.38 bits per heavy atom. The fourth-order valence-electron chi connectivity index (χ4n) is 0.991. The van der Waals surface area contributed by atoms with Crippen molar-refractivity contribution >= 4 is 0 Å². The van der Waals surface area contributed by atoms with Crippen LogP contribution in [0.1, 0.15) is 5.56 Å². The molecule has 0 aliphatic carbocycles. The Balaban J connectivity index is 2.77. The number of nitro groups is 1. The fraction of sp³-hybridized carbons (Fsp3) is 0.250. The van der Waals surface area contributed by atoms with Gasteiger partial charge in [-0.3, -0.25) is 10.1 Å². The first-order chi connectivity index (χ1) is 6.11. The van der Waals surface area contributed by atoms with Gasteiger partial charge in [-0.2, -0.15) is 0 Å². The second kappa shape index (κ2) is 3.75. The van der Waals surface area contributed by atoms with Gasteiger partial charge in [0.1, 0.15) is 0 Å². The van der Waals surface area contributed by atoms with Gasteiger partial charge in [-0.15, -0.1) is 0 Å². The quantitative estimate of drug-likeness (QED) is 0.414. The normalized spacial score (nSPS) is 9.85. The standard InChI is InChI=1S/C8H9NO4/c10-7-3-1-2-6(8(7)11)4-5-9(12)13/h1-3,10-11H,4-5H2. The van der Waals surface area contributed by atoms with Crippen molar-refractivity contribution in [3.05, 3.63) is 33.9 Å². The molecule has 0 amide bonds. The Morgan fingerprint density at radius 3 is 2.69 bits per heavy atom. The van der Waals surface area contributed by atoms with Crippen LogP contribution in [0.5, 0.6) is 11.5 Å². The van der Waals surface area contributed by atoms with Crippen molar-refractivity contribution in [3.8, 4) is 11.5 Å². The molecule has 0 fully saturated rings. The Kier molecular flexibility index (Phi) is 2.69. The van der Waals surface area contributed by atoms with Gasteiger partial charge in [0.2, 0.25) is 6.54 Å². The Morgan fingerprint density at radius 2 is 2.08 bits per heavy atom. The van der Waals surface area contributed by atoms with Crippen LogP contribution in [0.3, 0.4) is 0 Å². The van der Waals surface area contributed by atoms with E-state index >= 15 is 0 Å². The molecule has 0 spiro atoms. The highest BCUT2D eigenvalue weighted by atomic mass is 16.6. The molecule has 0 saturated carbocycles. The van der Waals surface area contributed by atoms with Crippen molar-refractivity contribution in [1.29, 1.82) is 0 Å². The molecule has 0 bridgehead atoms. The van der Waals surface area contributed by atoms with Crippen LogP contribution in [-0.4, -0.2) is 21.7 Å². The molecule has 5 heteroatoms. The third-order valence-corrected chi connectivity index (χ3v) is 1.66. The van der Waals surface area contributed by atoms with E-state index in [4.69, 9.17) is 5.11 Å². The van der Waals surface area contributed by atoms with Crippen LogP contribution in [0.2, 0.25) is 0 Å². The van der Waals surface area contributed by atoms with Crippen LogP contribution < -0.4 is 0 Å². The van der Waals surface area contributed by atoms with E-state index in [0.717, 1.165) is 0 Å². The van der Waals surface area contributed by atoms with Gasteiger partial charge in [-0.1, -0.05) is 12.1 Å². The van der Waals surface area contributed by atoms with E-state index in [2.05, 4.69) is 0 Å². The van der Waals surface area contributed by atoms with Gasteiger partial charge in [0.25, 0.3) is 0 Å². The van der Waals surface area contributed by atoms with E-state index in [0.29, 0.717) is 5.56 Å². The number of phenols is 2. The summed E-state index contributed by atoms with van der Waals surface area (Å²) in [5, 5.41) is 28.3. The summed E-state index contributed by atoms with van der Waals surface area (Å²) in [4.78, 5) is 9.56. The number of nitrogens with zero attached hydrogens (tertiary/aromatic N) is 1. The van der Waals surface area contributed by atoms with Crippen LogP contribution in [-0.2, 0) is 6.42 Å². The molecule has 1 aromatic rings. The minimum absolute atomic E-state index is 0.118. The number of para-hydroxylation sites is 1. The molecule has 0 aliphatic heterocycles. The summed E-state index contributed by atoms with van der Waals surface area (Å²) in [5.41, 5.74) is 0.386. The lowest BCUT2D eigenvalue weighted by Crippen LogP contribution is -2.03. The van der Waals surface area contributed by atoms with E-state index in [-0.39, 0.29) is 24.5 Å². The molecule has 13 heavy (non-hydrogen) atoms.